The zero-order valence-corrected chi connectivity index (χ0v) is 17.5. The second-order valence-corrected chi connectivity index (χ2v) is 8.97. The molecule has 3 rings (SSSR count). The minimum Gasteiger partial charge on any atom is -0.452 e. The van der Waals surface area contributed by atoms with Crippen molar-refractivity contribution in [3.05, 3.63) is 41.5 Å². The van der Waals surface area contributed by atoms with E-state index in [-0.39, 0.29) is 35.2 Å². The molecule has 0 spiro atoms. The van der Waals surface area contributed by atoms with Crippen molar-refractivity contribution in [2.24, 2.45) is 0 Å². The van der Waals surface area contributed by atoms with E-state index in [4.69, 9.17) is 14.0 Å². The van der Waals surface area contributed by atoms with E-state index in [1.807, 2.05) is 20.8 Å². The standard InChI is InChI=1S/C19H25N3O6S/c1-4-5-17-20-18(28-21-17)12-26-19(23)15-6-8-16(9-7-15)29(24,25)22-10-13(2)27-14(3)11-22/h6-9,13-14H,4-5,10-12H2,1-3H3. The number of carbonyl (C=O) groups is 1. The van der Waals surface area contributed by atoms with E-state index < -0.39 is 16.0 Å². The second kappa shape index (κ2) is 9.02. The number of hydrogen-bond donors (Lipinski definition) is 0. The first-order valence-electron chi connectivity index (χ1n) is 9.54. The topological polar surface area (TPSA) is 112 Å². The lowest BCUT2D eigenvalue weighted by Crippen LogP contribution is -2.48. The van der Waals surface area contributed by atoms with Gasteiger partial charge in [0.2, 0.25) is 10.0 Å². The van der Waals surface area contributed by atoms with Crippen LogP contribution in [0.25, 0.3) is 0 Å². The van der Waals surface area contributed by atoms with Crippen LogP contribution in [0.1, 0.15) is 49.3 Å². The van der Waals surface area contributed by atoms with Gasteiger partial charge in [-0.25, -0.2) is 13.2 Å². The van der Waals surface area contributed by atoms with Crippen LogP contribution in [0.3, 0.4) is 0 Å². The number of ether oxygens (including phenoxy) is 2. The Labute approximate surface area is 170 Å². The molecule has 29 heavy (non-hydrogen) atoms. The maximum Gasteiger partial charge on any atom is 0.338 e. The smallest absolute Gasteiger partial charge is 0.338 e. The van der Waals surface area contributed by atoms with Crippen molar-refractivity contribution in [2.75, 3.05) is 13.1 Å². The van der Waals surface area contributed by atoms with Gasteiger partial charge in [-0.1, -0.05) is 12.1 Å². The number of esters is 1. The predicted molar refractivity (Wildman–Crippen MR) is 103 cm³/mol. The fourth-order valence-corrected chi connectivity index (χ4v) is 4.71. The highest BCUT2D eigenvalue weighted by atomic mass is 32.2. The van der Waals surface area contributed by atoms with Gasteiger partial charge in [0, 0.05) is 19.5 Å². The number of sulfonamides is 1. The van der Waals surface area contributed by atoms with Gasteiger partial charge in [0.15, 0.2) is 12.4 Å². The number of morpholine rings is 1. The van der Waals surface area contributed by atoms with Crippen LogP contribution >= 0.6 is 0 Å². The SMILES string of the molecule is CCCc1noc(COC(=O)c2ccc(S(=O)(=O)N3CC(C)OC(C)C3)cc2)n1. The third-order valence-corrected chi connectivity index (χ3v) is 6.27. The van der Waals surface area contributed by atoms with Gasteiger partial charge in [0.05, 0.1) is 22.7 Å². The third kappa shape index (κ3) is 5.20. The summed E-state index contributed by atoms with van der Waals surface area (Å²) in [7, 11) is -3.66. The third-order valence-electron chi connectivity index (χ3n) is 4.42. The van der Waals surface area contributed by atoms with Gasteiger partial charge < -0.3 is 14.0 Å². The molecule has 1 aromatic heterocycles. The van der Waals surface area contributed by atoms with Gasteiger partial charge in [-0.15, -0.1) is 0 Å². The first kappa shape index (κ1) is 21.4. The van der Waals surface area contributed by atoms with Crippen LogP contribution in [0.4, 0.5) is 0 Å². The van der Waals surface area contributed by atoms with Crippen molar-refractivity contribution in [1.82, 2.24) is 14.4 Å². The number of nitrogens with zero attached hydrogens (tertiary/aromatic N) is 3. The van der Waals surface area contributed by atoms with E-state index in [9.17, 15) is 13.2 Å². The molecule has 0 aliphatic carbocycles. The molecule has 0 radical (unpaired) electrons. The number of hydrogen-bond acceptors (Lipinski definition) is 8. The minimum absolute atomic E-state index is 0.122. The van der Waals surface area contributed by atoms with Gasteiger partial charge in [0.25, 0.3) is 5.89 Å². The van der Waals surface area contributed by atoms with Crippen LogP contribution in [0.5, 0.6) is 0 Å². The van der Waals surface area contributed by atoms with Crippen LogP contribution in [0.2, 0.25) is 0 Å². The maximum absolute atomic E-state index is 12.9. The van der Waals surface area contributed by atoms with Crippen molar-refractivity contribution in [3.63, 3.8) is 0 Å². The van der Waals surface area contributed by atoms with Crippen molar-refractivity contribution in [1.29, 1.82) is 0 Å². The Kier molecular flexibility index (Phi) is 6.66. The summed E-state index contributed by atoms with van der Waals surface area (Å²) in [5.74, 6) is 0.189. The fraction of sp³-hybridized carbons (Fsp3) is 0.526. The highest BCUT2D eigenvalue weighted by Crippen LogP contribution is 2.21. The number of carbonyl (C=O) groups excluding carboxylic acids is 1. The van der Waals surface area contributed by atoms with Gasteiger partial charge in [0.1, 0.15) is 0 Å². The quantitative estimate of drug-likeness (QED) is 0.623. The van der Waals surface area contributed by atoms with E-state index in [0.717, 1.165) is 6.42 Å². The molecule has 0 amide bonds. The number of aryl methyl sites for hydroxylation is 1. The van der Waals surface area contributed by atoms with Crippen LogP contribution in [-0.2, 0) is 32.5 Å². The lowest BCUT2D eigenvalue weighted by molar-refractivity contribution is -0.0440. The van der Waals surface area contributed by atoms with Crippen LogP contribution in [0, 0.1) is 0 Å². The Bertz CT molecular complexity index is 931. The fourth-order valence-electron chi connectivity index (χ4n) is 3.12. The molecule has 2 unspecified atom stereocenters. The summed E-state index contributed by atoms with van der Waals surface area (Å²) in [5.41, 5.74) is 0.237. The lowest BCUT2D eigenvalue weighted by atomic mass is 10.2. The largest absolute Gasteiger partial charge is 0.452 e. The summed E-state index contributed by atoms with van der Waals surface area (Å²) in [5, 5.41) is 3.79. The Morgan fingerprint density at radius 2 is 1.86 bits per heavy atom. The normalized spacial score (nSPS) is 20.5. The molecule has 158 valence electrons. The second-order valence-electron chi connectivity index (χ2n) is 7.03. The number of aromatic nitrogens is 2. The minimum atomic E-state index is -3.66. The molecule has 10 heteroatoms. The molecular weight excluding hydrogens is 398 g/mol. The summed E-state index contributed by atoms with van der Waals surface area (Å²) >= 11 is 0. The molecule has 2 heterocycles. The molecule has 1 fully saturated rings. The monoisotopic (exact) mass is 423 g/mol. The summed E-state index contributed by atoms with van der Waals surface area (Å²) in [6.45, 7) is 6.12. The van der Waals surface area contributed by atoms with E-state index >= 15 is 0 Å². The molecule has 1 saturated heterocycles. The predicted octanol–water partition coefficient (Wildman–Crippen LogP) is 2.18. The van der Waals surface area contributed by atoms with Crippen molar-refractivity contribution < 1.29 is 27.2 Å². The summed E-state index contributed by atoms with van der Waals surface area (Å²) in [4.78, 5) is 16.5. The molecule has 1 aliphatic rings. The van der Waals surface area contributed by atoms with Gasteiger partial charge in [-0.05, 0) is 44.5 Å². The molecule has 2 aromatic rings. The molecule has 2 atom stereocenters. The Hall–Kier alpha value is -2.30. The van der Waals surface area contributed by atoms with Crippen molar-refractivity contribution in [2.45, 2.75) is 57.3 Å². The maximum atomic E-state index is 12.9. The highest BCUT2D eigenvalue weighted by molar-refractivity contribution is 7.89. The Morgan fingerprint density at radius 1 is 1.21 bits per heavy atom. The lowest BCUT2D eigenvalue weighted by Gasteiger charge is -2.34. The summed E-state index contributed by atoms with van der Waals surface area (Å²) in [6.07, 6.45) is 1.22. The van der Waals surface area contributed by atoms with E-state index in [1.54, 1.807) is 0 Å². The van der Waals surface area contributed by atoms with Crippen molar-refractivity contribution >= 4 is 16.0 Å². The van der Waals surface area contributed by atoms with Gasteiger partial charge in [-0.2, -0.15) is 9.29 Å². The molecular formula is C19H25N3O6S. The van der Waals surface area contributed by atoms with Crippen LogP contribution < -0.4 is 0 Å². The molecule has 0 bridgehead atoms. The number of rotatable bonds is 7. The van der Waals surface area contributed by atoms with Crippen molar-refractivity contribution in [3.8, 4) is 0 Å². The zero-order valence-electron chi connectivity index (χ0n) is 16.7. The van der Waals surface area contributed by atoms with E-state index in [0.29, 0.717) is 25.3 Å². The Morgan fingerprint density at radius 3 is 2.48 bits per heavy atom. The van der Waals surface area contributed by atoms with E-state index in [1.165, 1.54) is 28.6 Å². The summed E-state index contributed by atoms with van der Waals surface area (Å²) in [6, 6.07) is 5.67. The van der Waals surface area contributed by atoms with Gasteiger partial charge in [-0.3, -0.25) is 0 Å². The molecule has 0 N–H and O–H groups in total. The zero-order chi connectivity index (χ0) is 21.0. The van der Waals surface area contributed by atoms with Gasteiger partial charge >= 0.3 is 5.97 Å². The highest BCUT2D eigenvalue weighted by Gasteiger charge is 2.32. The molecule has 0 saturated carbocycles. The Balaban J connectivity index is 1.63. The first-order valence-corrected chi connectivity index (χ1v) is 11.0. The average Bonchev–Trinajstić information content (AvgIpc) is 3.13. The summed E-state index contributed by atoms with van der Waals surface area (Å²) < 4.78 is 42.9. The molecule has 1 aromatic carbocycles. The van der Waals surface area contributed by atoms with Crippen LogP contribution in [0.15, 0.2) is 33.7 Å². The molecule has 9 nitrogen and oxygen atoms in total. The first-order chi connectivity index (χ1) is 13.8. The number of benzene rings is 1. The van der Waals surface area contributed by atoms with E-state index in [2.05, 4.69) is 10.1 Å². The average molecular weight is 423 g/mol. The van der Waals surface area contributed by atoms with Crippen LogP contribution in [-0.4, -0.2) is 54.1 Å². The molecule has 1 aliphatic heterocycles.